The lowest BCUT2D eigenvalue weighted by molar-refractivity contribution is 0.0677. The van der Waals surface area contributed by atoms with Gasteiger partial charge >= 0.3 is 0 Å². The van der Waals surface area contributed by atoms with Crippen molar-refractivity contribution in [2.75, 3.05) is 25.0 Å². The zero-order chi connectivity index (χ0) is 13.7. The van der Waals surface area contributed by atoms with Gasteiger partial charge in [0.15, 0.2) is 0 Å². The summed E-state index contributed by atoms with van der Waals surface area (Å²) < 4.78 is 0. The highest BCUT2D eigenvalue weighted by atomic mass is 16.3. The molecule has 1 fully saturated rings. The van der Waals surface area contributed by atoms with E-state index in [9.17, 15) is 9.90 Å². The van der Waals surface area contributed by atoms with Crippen LogP contribution < -0.4 is 5.32 Å². The molecular formula is C14H21N3O2. The number of nitrogens with one attached hydrogen (secondary N) is 1. The molecule has 2 rings (SSSR count). The topological polar surface area (TPSA) is 65.5 Å². The number of rotatable bonds is 5. The van der Waals surface area contributed by atoms with Crippen molar-refractivity contribution >= 4 is 11.7 Å². The molecule has 0 bridgehead atoms. The molecule has 0 aromatic carbocycles. The number of nitrogens with zero attached hydrogens (tertiary/aromatic N) is 2. The Kier molecular flexibility index (Phi) is 4.74. The van der Waals surface area contributed by atoms with Gasteiger partial charge in [0.05, 0.1) is 18.2 Å². The minimum Gasteiger partial charge on any atom is -0.394 e. The lowest BCUT2D eigenvalue weighted by atomic mass is 10.2. The molecule has 1 aromatic heterocycles. The molecule has 1 aromatic rings. The highest BCUT2D eigenvalue weighted by molar-refractivity contribution is 5.94. The summed E-state index contributed by atoms with van der Waals surface area (Å²) in [6.45, 7) is 3.72. The molecule has 1 aliphatic heterocycles. The molecular weight excluding hydrogens is 242 g/mol. The number of hydrogen-bond donors (Lipinski definition) is 2. The molecule has 5 nitrogen and oxygen atoms in total. The summed E-state index contributed by atoms with van der Waals surface area (Å²) in [6, 6.07) is 3.58. The summed E-state index contributed by atoms with van der Waals surface area (Å²) in [5, 5.41) is 12.4. The number of pyridine rings is 1. The second kappa shape index (κ2) is 6.52. The Morgan fingerprint density at radius 2 is 2.42 bits per heavy atom. The van der Waals surface area contributed by atoms with Crippen LogP contribution in [0.25, 0.3) is 0 Å². The Morgan fingerprint density at radius 1 is 1.58 bits per heavy atom. The maximum Gasteiger partial charge on any atom is 0.255 e. The summed E-state index contributed by atoms with van der Waals surface area (Å²) >= 11 is 0. The van der Waals surface area contributed by atoms with Gasteiger partial charge in [0.1, 0.15) is 5.82 Å². The van der Waals surface area contributed by atoms with Crippen molar-refractivity contribution in [2.24, 2.45) is 0 Å². The Morgan fingerprint density at radius 3 is 3.05 bits per heavy atom. The van der Waals surface area contributed by atoms with Crippen LogP contribution in [0.3, 0.4) is 0 Å². The first kappa shape index (κ1) is 13.8. The minimum absolute atomic E-state index is 0.0360. The molecule has 2 N–H and O–H groups in total. The third-order valence-corrected chi connectivity index (χ3v) is 3.42. The molecule has 0 spiro atoms. The van der Waals surface area contributed by atoms with Gasteiger partial charge in [0.2, 0.25) is 0 Å². The van der Waals surface area contributed by atoms with E-state index in [1.54, 1.807) is 17.2 Å². The van der Waals surface area contributed by atoms with Crippen LogP contribution in [0.4, 0.5) is 5.82 Å². The number of carbonyl (C=O) groups is 1. The standard InChI is InChI=1S/C14H21N3O2/c1-2-7-15-13-6-5-11(9-16-13)14(19)17-8-3-4-12(17)10-18/h5-6,9,12,18H,2-4,7-8,10H2,1H3,(H,15,16). The fourth-order valence-corrected chi connectivity index (χ4v) is 2.34. The van der Waals surface area contributed by atoms with Gasteiger partial charge < -0.3 is 15.3 Å². The average Bonchev–Trinajstić information content (AvgIpc) is 2.93. The highest BCUT2D eigenvalue weighted by Crippen LogP contribution is 2.19. The first-order valence-electron chi connectivity index (χ1n) is 6.88. The molecule has 1 amide bonds. The Bertz CT molecular complexity index is 419. The number of hydrogen-bond acceptors (Lipinski definition) is 4. The predicted octanol–water partition coefficient (Wildman–Crippen LogP) is 1.50. The van der Waals surface area contributed by atoms with Crippen molar-refractivity contribution in [1.29, 1.82) is 0 Å². The summed E-state index contributed by atoms with van der Waals surface area (Å²) in [5.41, 5.74) is 0.586. The second-order valence-corrected chi connectivity index (χ2v) is 4.84. The largest absolute Gasteiger partial charge is 0.394 e. The van der Waals surface area contributed by atoms with E-state index in [0.29, 0.717) is 5.56 Å². The van der Waals surface area contributed by atoms with E-state index in [4.69, 9.17) is 0 Å². The van der Waals surface area contributed by atoms with Crippen LogP contribution in [0.5, 0.6) is 0 Å². The van der Waals surface area contributed by atoms with Gasteiger partial charge in [0.25, 0.3) is 5.91 Å². The normalized spacial score (nSPS) is 18.6. The Hall–Kier alpha value is -1.62. The number of carbonyl (C=O) groups excluding carboxylic acids is 1. The molecule has 1 atom stereocenters. The lowest BCUT2D eigenvalue weighted by Gasteiger charge is -2.22. The molecule has 0 radical (unpaired) electrons. The molecule has 104 valence electrons. The Labute approximate surface area is 113 Å². The first-order chi connectivity index (χ1) is 9.26. The minimum atomic E-state index is -0.0367. The van der Waals surface area contributed by atoms with E-state index in [-0.39, 0.29) is 18.6 Å². The number of anilines is 1. The van der Waals surface area contributed by atoms with E-state index in [0.717, 1.165) is 38.2 Å². The average molecular weight is 263 g/mol. The van der Waals surface area contributed by atoms with Crippen LogP contribution in [0.2, 0.25) is 0 Å². The summed E-state index contributed by atoms with van der Waals surface area (Å²) in [4.78, 5) is 18.3. The van der Waals surface area contributed by atoms with Crippen LogP contribution in [-0.2, 0) is 0 Å². The quantitative estimate of drug-likeness (QED) is 0.845. The van der Waals surface area contributed by atoms with E-state index < -0.39 is 0 Å². The molecule has 0 aliphatic carbocycles. The van der Waals surface area contributed by atoms with Crippen molar-refractivity contribution < 1.29 is 9.90 Å². The molecule has 19 heavy (non-hydrogen) atoms. The molecule has 1 aliphatic rings. The van der Waals surface area contributed by atoms with Crippen molar-refractivity contribution in [3.8, 4) is 0 Å². The number of aromatic nitrogens is 1. The molecule has 1 unspecified atom stereocenters. The maximum atomic E-state index is 12.3. The maximum absolute atomic E-state index is 12.3. The van der Waals surface area contributed by atoms with E-state index in [1.807, 2.05) is 6.07 Å². The van der Waals surface area contributed by atoms with Gasteiger partial charge in [0, 0.05) is 19.3 Å². The zero-order valence-electron chi connectivity index (χ0n) is 11.3. The van der Waals surface area contributed by atoms with Crippen LogP contribution in [0.15, 0.2) is 18.3 Å². The van der Waals surface area contributed by atoms with Crippen molar-refractivity contribution in [1.82, 2.24) is 9.88 Å². The van der Waals surface area contributed by atoms with Crippen molar-refractivity contribution in [3.05, 3.63) is 23.9 Å². The van der Waals surface area contributed by atoms with E-state index in [1.165, 1.54) is 0 Å². The lowest BCUT2D eigenvalue weighted by Crippen LogP contribution is -2.37. The summed E-state index contributed by atoms with van der Waals surface area (Å²) in [5.74, 6) is 0.754. The van der Waals surface area contributed by atoms with Crippen LogP contribution in [0.1, 0.15) is 36.5 Å². The smallest absolute Gasteiger partial charge is 0.255 e. The van der Waals surface area contributed by atoms with E-state index in [2.05, 4.69) is 17.2 Å². The number of likely N-dealkylation sites (tertiary alicyclic amines) is 1. The Balaban J connectivity index is 2.03. The third kappa shape index (κ3) is 3.23. The number of aliphatic hydroxyl groups excluding tert-OH is 1. The molecule has 5 heteroatoms. The van der Waals surface area contributed by atoms with Crippen LogP contribution in [-0.4, -0.2) is 46.6 Å². The van der Waals surface area contributed by atoms with Gasteiger partial charge in [-0.15, -0.1) is 0 Å². The third-order valence-electron chi connectivity index (χ3n) is 3.42. The number of aliphatic hydroxyl groups is 1. The molecule has 2 heterocycles. The van der Waals surface area contributed by atoms with Crippen LogP contribution >= 0.6 is 0 Å². The molecule has 0 saturated carbocycles. The van der Waals surface area contributed by atoms with Gasteiger partial charge in [-0.1, -0.05) is 6.92 Å². The fraction of sp³-hybridized carbons (Fsp3) is 0.571. The van der Waals surface area contributed by atoms with Gasteiger partial charge in [-0.3, -0.25) is 4.79 Å². The SMILES string of the molecule is CCCNc1ccc(C(=O)N2CCCC2CO)cn1. The second-order valence-electron chi connectivity index (χ2n) is 4.84. The zero-order valence-corrected chi connectivity index (χ0v) is 11.3. The fourth-order valence-electron chi connectivity index (χ4n) is 2.34. The summed E-state index contributed by atoms with van der Waals surface area (Å²) in [7, 11) is 0. The van der Waals surface area contributed by atoms with Crippen molar-refractivity contribution in [3.63, 3.8) is 0 Å². The van der Waals surface area contributed by atoms with Crippen LogP contribution in [0, 0.1) is 0 Å². The van der Waals surface area contributed by atoms with Crippen molar-refractivity contribution in [2.45, 2.75) is 32.2 Å². The monoisotopic (exact) mass is 263 g/mol. The van der Waals surface area contributed by atoms with Gasteiger partial charge in [-0.25, -0.2) is 4.98 Å². The van der Waals surface area contributed by atoms with Gasteiger partial charge in [-0.05, 0) is 31.4 Å². The first-order valence-corrected chi connectivity index (χ1v) is 6.88. The van der Waals surface area contributed by atoms with E-state index >= 15 is 0 Å². The number of amides is 1. The highest BCUT2D eigenvalue weighted by Gasteiger charge is 2.28. The predicted molar refractivity (Wildman–Crippen MR) is 74.2 cm³/mol. The molecule has 1 saturated heterocycles. The van der Waals surface area contributed by atoms with Gasteiger partial charge in [-0.2, -0.15) is 0 Å². The summed E-state index contributed by atoms with van der Waals surface area (Å²) in [6.07, 6.45) is 4.48.